The van der Waals surface area contributed by atoms with Crippen LogP contribution < -0.4 is 4.74 Å². The number of methoxy groups -OCH3 is 1. The first kappa shape index (κ1) is 22.2. The van der Waals surface area contributed by atoms with Crippen molar-refractivity contribution in [1.29, 1.82) is 0 Å². The lowest BCUT2D eigenvalue weighted by Crippen LogP contribution is -2.02. The van der Waals surface area contributed by atoms with Crippen LogP contribution in [-0.4, -0.2) is 38.1 Å². The molecule has 0 amide bonds. The third kappa shape index (κ3) is 4.80. The smallest absolute Gasteiger partial charge is 0.342 e. The van der Waals surface area contributed by atoms with Gasteiger partial charge < -0.3 is 19.5 Å². The Labute approximate surface area is 190 Å². The van der Waals surface area contributed by atoms with Crippen molar-refractivity contribution in [3.8, 4) is 22.9 Å². The number of ether oxygens (including phenoxy) is 1. The highest BCUT2D eigenvalue weighted by Crippen LogP contribution is 2.37. The number of phenols is 1. The van der Waals surface area contributed by atoms with Crippen molar-refractivity contribution >= 4 is 51.3 Å². The number of carboxylic acids is 1. The van der Waals surface area contributed by atoms with Crippen LogP contribution >= 0.6 is 39.3 Å². The average molecular weight is 511 g/mol. The van der Waals surface area contributed by atoms with Gasteiger partial charge in [-0.2, -0.15) is 0 Å². The molecule has 0 bridgehead atoms. The van der Waals surface area contributed by atoms with Gasteiger partial charge >= 0.3 is 5.97 Å². The molecular formula is C20H17BrClN3O4S. The summed E-state index contributed by atoms with van der Waals surface area (Å²) in [6.45, 7) is 2.48. The Morgan fingerprint density at radius 1 is 1.30 bits per heavy atom. The van der Waals surface area contributed by atoms with Gasteiger partial charge in [-0.25, -0.2) is 4.79 Å². The number of carboxylic acid groups (broad SMARTS) is 1. The molecule has 0 aliphatic heterocycles. The number of hydrogen-bond donors (Lipinski definition) is 2. The molecule has 2 aromatic carbocycles. The van der Waals surface area contributed by atoms with Crippen LogP contribution in [0.1, 0.15) is 12.5 Å². The van der Waals surface area contributed by atoms with E-state index in [1.165, 1.54) is 13.2 Å². The second-order valence-electron chi connectivity index (χ2n) is 6.03. The normalized spacial score (nSPS) is 11.5. The number of hydrogen-bond acceptors (Lipinski definition) is 6. The van der Waals surface area contributed by atoms with Gasteiger partial charge in [-0.15, -0.1) is 10.2 Å². The lowest BCUT2D eigenvalue weighted by Gasteiger charge is -2.09. The predicted octanol–water partition coefficient (Wildman–Crippen LogP) is 5.31. The maximum Gasteiger partial charge on any atom is 0.342 e. The fourth-order valence-electron chi connectivity index (χ4n) is 2.68. The molecule has 0 saturated heterocycles. The maximum absolute atomic E-state index is 11.9. The predicted molar refractivity (Wildman–Crippen MR) is 120 cm³/mol. The van der Waals surface area contributed by atoms with E-state index in [0.717, 1.165) is 17.3 Å². The third-order valence-corrected chi connectivity index (χ3v) is 5.97. The highest BCUT2D eigenvalue weighted by molar-refractivity contribution is 9.10. The van der Waals surface area contributed by atoms with Gasteiger partial charge in [-0.3, -0.25) is 0 Å². The van der Waals surface area contributed by atoms with Crippen LogP contribution in [0.25, 0.3) is 17.5 Å². The molecule has 156 valence electrons. The first-order valence-electron chi connectivity index (χ1n) is 8.72. The summed E-state index contributed by atoms with van der Waals surface area (Å²) in [6.07, 6.45) is 1.48. The van der Waals surface area contributed by atoms with Crippen LogP contribution in [-0.2, 0) is 11.3 Å². The highest BCUT2D eigenvalue weighted by Gasteiger charge is 2.19. The molecule has 0 unspecified atom stereocenters. The van der Waals surface area contributed by atoms with Gasteiger partial charge in [0, 0.05) is 17.1 Å². The van der Waals surface area contributed by atoms with Crippen molar-refractivity contribution in [3.63, 3.8) is 0 Å². The van der Waals surface area contributed by atoms with E-state index in [4.69, 9.17) is 16.3 Å². The Morgan fingerprint density at radius 2 is 2.00 bits per heavy atom. The molecule has 0 aliphatic rings. The molecule has 30 heavy (non-hydrogen) atoms. The molecule has 0 spiro atoms. The fraction of sp³-hybridized carbons (Fsp3) is 0.150. The SMILES string of the molecule is CCn1c(S/C(=C\c2cc(Br)c(O)c(OC)c2)C(=O)O)nnc1-c1ccc(Cl)cc1. The minimum atomic E-state index is -1.11. The van der Waals surface area contributed by atoms with E-state index >= 15 is 0 Å². The van der Waals surface area contributed by atoms with Crippen LogP contribution in [0.3, 0.4) is 0 Å². The molecule has 3 aromatic rings. The molecule has 1 aromatic heterocycles. The van der Waals surface area contributed by atoms with Crippen LogP contribution in [0.5, 0.6) is 11.5 Å². The largest absolute Gasteiger partial charge is 0.503 e. The monoisotopic (exact) mass is 509 g/mol. The van der Waals surface area contributed by atoms with Gasteiger partial charge in [0.05, 0.1) is 11.6 Å². The van der Waals surface area contributed by atoms with Gasteiger partial charge in [-0.1, -0.05) is 11.6 Å². The second kappa shape index (κ2) is 9.55. The number of rotatable bonds is 7. The van der Waals surface area contributed by atoms with Crippen molar-refractivity contribution in [2.24, 2.45) is 0 Å². The molecule has 1 heterocycles. The average Bonchev–Trinajstić information content (AvgIpc) is 3.13. The van der Waals surface area contributed by atoms with Crippen molar-refractivity contribution in [1.82, 2.24) is 14.8 Å². The zero-order chi connectivity index (χ0) is 21.8. The summed E-state index contributed by atoms with van der Waals surface area (Å²) in [6, 6.07) is 10.3. The summed E-state index contributed by atoms with van der Waals surface area (Å²) in [5, 5.41) is 29.1. The Bertz CT molecular complexity index is 1120. The topological polar surface area (TPSA) is 97.5 Å². The second-order valence-corrected chi connectivity index (χ2v) is 8.33. The summed E-state index contributed by atoms with van der Waals surface area (Å²) in [5.74, 6) is -0.318. The molecule has 0 aliphatic carbocycles. The minimum Gasteiger partial charge on any atom is -0.503 e. The Morgan fingerprint density at radius 3 is 2.60 bits per heavy atom. The van der Waals surface area contributed by atoms with E-state index in [1.54, 1.807) is 24.3 Å². The Balaban J connectivity index is 1.98. The van der Waals surface area contributed by atoms with Gasteiger partial charge in [0.15, 0.2) is 22.5 Å². The van der Waals surface area contributed by atoms with E-state index in [-0.39, 0.29) is 16.4 Å². The standard InChI is InChI=1S/C20H17BrClN3O4S/c1-3-25-18(12-4-6-13(22)7-5-12)23-24-20(25)30-16(19(27)28)10-11-8-14(21)17(26)15(9-11)29-2/h4-10,26H,3H2,1-2H3,(H,27,28)/b16-10-. The third-order valence-electron chi connectivity index (χ3n) is 4.12. The lowest BCUT2D eigenvalue weighted by atomic mass is 10.2. The molecule has 3 rings (SSSR count). The molecule has 0 fully saturated rings. The van der Waals surface area contributed by atoms with E-state index < -0.39 is 5.97 Å². The van der Waals surface area contributed by atoms with E-state index in [0.29, 0.717) is 32.6 Å². The first-order valence-corrected chi connectivity index (χ1v) is 10.7. The van der Waals surface area contributed by atoms with Crippen LogP contribution in [0.4, 0.5) is 0 Å². The zero-order valence-electron chi connectivity index (χ0n) is 16.0. The van der Waals surface area contributed by atoms with Gasteiger partial charge in [0.1, 0.15) is 4.91 Å². The van der Waals surface area contributed by atoms with Crippen LogP contribution in [0.15, 0.2) is 50.9 Å². The fourth-order valence-corrected chi connectivity index (χ4v) is 4.15. The number of thioether (sulfide) groups is 1. The lowest BCUT2D eigenvalue weighted by molar-refractivity contribution is -0.131. The van der Waals surface area contributed by atoms with Crippen molar-refractivity contribution in [2.75, 3.05) is 7.11 Å². The number of carbonyl (C=O) groups is 1. The maximum atomic E-state index is 11.9. The number of aliphatic carboxylic acids is 1. The number of halogens is 2. The summed E-state index contributed by atoms with van der Waals surface area (Å²) in [4.78, 5) is 11.9. The summed E-state index contributed by atoms with van der Waals surface area (Å²) in [7, 11) is 1.42. The highest BCUT2D eigenvalue weighted by atomic mass is 79.9. The molecule has 7 nitrogen and oxygen atoms in total. The first-order chi connectivity index (χ1) is 14.3. The molecule has 10 heteroatoms. The van der Waals surface area contributed by atoms with E-state index in [1.807, 2.05) is 23.6 Å². The number of benzene rings is 2. The number of phenolic OH excluding ortho intramolecular Hbond substituents is 1. The molecule has 0 atom stereocenters. The summed E-state index contributed by atoms with van der Waals surface area (Å²) in [5.41, 5.74) is 1.37. The molecule has 2 N–H and O–H groups in total. The van der Waals surface area contributed by atoms with Gasteiger partial charge in [0.2, 0.25) is 0 Å². The van der Waals surface area contributed by atoms with Crippen molar-refractivity contribution < 1.29 is 19.7 Å². The van der Waals surface area contributed by atoms with Gasteiger partial charge in [0.25, 0.3) is 0 Å². The minimum absolute atomic E-state index is 0.0411. The van der Waals surface area contributed by atoms with E-state index in [2.05, 4.69) is 26.1 Å². The Kier molecular flexibility index (Phi) is 7.06. The number of aromatic nitrogens is 3. The van der Waals surface area contributed by atoms with Crippen molar-refractivity contribution in [2.45, 2.75) is 18.6 Å². The number of nitrogens with zero attached hydrogens (tertiary/aromatic N) is 3. The van der Waals surface area contributed by atoms with Gasteiger partial charge in [-0.05, 0) is 82.7 Å². The van der Waals surface area contributed by atoms with Crippen LogP contribution in [0, 0.1) is 0 Å². The number of aromatic hydroxyl groups is 1. The quantitative estimate of drug-likeness (QED) is 0.328. The van der Waals surface area contributed by atoms with Crippen molar-refractivity contribution in [3.05, 3.63) is 56.4 Å². The summed E-state index contributed by atoms with van der Waals surface area (Å²) < 4.78 is 7.35. The van der Waals surface area contributed by atoms with Crippen LogP contribution in [0.2, 0.25) is 5.02 Å². The Hall–Kier alpha value is -2.49. The summed E-state index contributed by atoms with van der Waals surface area (Å²) >= 11 is 10.2. The molecule has 0 radical (unpaired) electrons. The molecular weight excluding hydrogens is 494 g/mol. The molecule has 0 saturated carbocycles. The van der Waals surface area contributed by atoms with E-state index in [9.17, 15) is 15.0 Å². The zero-order valence-corrected chi connectivity index (χ0v) is 19.1.